The van der Waals surface area contributed by atoms with Gasteiger partial charge in [0.1, 0.15) is 0 Å². The van der Waals surface area contributed by atoms with Gasteiger partial charge in [0.15, 0.2) is 0 Å². The summed E-state index contributed by atoms with van der Waals surface area (Å²) in [6.07, 6.45) is 0. The first-order chi connectivity index (χ1) is 9.74. The summed E-state index contributed by atoms with van der Waals surface area (Å²) in [5.41, 5.74) is 2.55. The van der Waals surface area contributed by atoms with Gasteiger partial charge in [-0.05, 0) is 39.7 Å². The van der Waals surface area contributed by atoms with Crippen molar-refractivity contribution in [2.75, 3.05) is 24.5 Å². The number of benzene rings is 2. The molecule has 1 aliphatic heterocycles. The largest absolute Gasteiger partial charge is 0.368 e. The van der Waals surface area contributed by atoms with E-state index in [0.717, 1.165) is 29.1 Å². The number of hydrogen-bond acceptors (Lipinski definition) is 2. The summed E-state index contributed by atoms with van der Waals surface area (Å²) in [5, 5.41) is 4.33. The number of nitrogens with one attached hydrogen (secondary N) is 1. The van der Waals surface area contributed by atoms with E-state index < -0.39 is 0 Å². The highest BCUT2D eigenvalue weighted by Crippen LogP contribution is 2.29. The average molecular weight is 352 g/mol. The predicted octanol–water partition coefficient (Wildman–Crippen LogP) is 4.25. The van der Waals surface area contributed by atoms with Gasteiger partial charge in [0.05, 0.1) is 5.02 Å². The number of rotatable bonds is 2. The fourth-order valence-electron chi connectivity index (χ4n) is 2.57. The Bertz CT molecular complexity index is 588. The molecule has 4 heteroatoms. The molecule has 20 heavy (non-hydrogen) atoms. The van der Waals surface area contributed by atoms with Crippen molar-refractivity contribution in [3.8, 4) is 0 Å². The van der Waals surface area contributed by atoms with E-state index >= 15 is 0 Å². The van der Waals surface area contributed by atoms with Crippen LogP contribution in [0.25, 0.3) is 0 Å². The lowest BCUT2D eigenvalue weighted by atomic mass is 10.0. The SMILES string of the molecule is Clc1ccc(N2CCNC(c3ccccc3)C2)cc1Br. The molecule has 1 fully saturated rings. The molecule has 0 bridgehead atoms. The highest BCUT2D eigenvalue weighted by Gasteiger charge is 2.21. The number of hydrogen-bond donors (Lipinski definition) is 1. The number of piperazine rings is 1. The first-order valence-electron chi connectivity index (χ1n) is 6.72. The molecule has 1 saturated heterocycles. The van der Waals surface area contributed by atoms with Crippen LogP contribution in [0.1, 0.15) is 11.6 Å². The Balaban J connectivity index is 1.79. The van der Waals surface area contributed by atoms with E-state index in [0.29, 0.717) is 6.04 Å². The average Bonchev–Trinajstić information content (AvgIpc) is 2.51. The van der Waals surface area contributed by atoms with E-state index in [9.17, 15) is 0 Å². The summed E-state index contributed by atoms with van der Waals surface area (Å²) in [6, 6.07) is 17.1. The molecule has 104 valence electrons. The number of halogens is 2. The Morgan fingerprint density at radius 3 is 2.70 bits per heavy atom. The molecule has 1 atom stereocenters. The Morgan fingerprint density at radius 1 is 1.15 bits per heavy atom. The van der Waals surface area contributed by atoms with Gasteiger partial charge in [0.25, 0.3) is 0 Å². The van der Waals surface area contributed by atoms with Crippen LogP contribution in [0.15, 0.2) is 53.0 Å². The van der Waals surface area contributed by atoms with Gasteiger partial charge in [-0.2, -0.15) is 0 Å². The molecule has 0 aliphatic carbocycles. The highest BCUT2D eigenvalue weighted by atomic mass is 79.9. The minimum atomic E-state index is 0.374. The second kappa shape index (κ2) is 6.17. The van der Waals surface area contributed by atoms with Crippen LogP contribution in [0.5, 0.6) is 0 Å². The molecule has 2 aromatic rings. The molecule has 2 nitrogen and oxygen atoms in total. The topological polar surface area (TPSA) is 15.3 Å². The molecule has 3 rings (SSSR count). The normalized spacial score (nSPS) is 19.1. The van der Waals surface area contributed by atoms with Gasteiger partial charge in [-0.1, -0.05) is 41.9 Å². The molecule has 0 saturated carbocycles. The Hall–Kier alpha value is -1.03. The maximum absolute atomic E-state index is 6.07. The predicted molar refractivity (Wildman–Crippen MR) is 88.6 cm³/mol. The summed E-state index contributed by atoms with van der Waals surface area (Å²) in [4.78, 5) is 2.40. The number of nitrogens with zero attached hydrogens (tertiary/aromatic N) is 1. The van der Waals surface area contributed by atoms with Crippen LogP contribution in [0.3, 0.4) is 0 Å². The summed E-state index contributed by atoms with van der Waals surface area (Å²) in [7, 11) is 0. The number of anilines is 1. The summed E-state index contributed by atoms with van der Waals surface area (Å²) in [6.45, 7) is 2.97. The standard InChI is InChI=1S/C16H16BrClN2/c17-14-10-13(6-7-15(14)18)20-9-8-19-16(11-20)12-4-2-1-3-5-12/h1-7,10,16,19H,8-9,11H2. The first kappa shape index (κ1) is 13.9. The fourth-order valence-corrected chi connectivity index (χ4v) is 3.06. The highest BCUT2D eigenvalue weighted by molar-refractivity contribution is 9.10. The van der Waals surface area contributed by atoms with Crippen molar-refractivity contribution in [1.29, 1.82) is 0 Å². The molecule has 1 unspecified atom stereocenters. The van der Waals surface area contributed by atoms with E-state index in [1.807, 2.05) is 6.07 Å². The van der Waals surface area contributed by atoms with Gasteiger partial charge < -0.3 is 10.2 Å². The fraction of sp³-hybridized carbons (Fsp3) is 0.250. The van der Waals surface area contributed by atoms with E-state index in [1.165, 1.54) is 11.3 Å². The van der Waals surface area contributed by atoms with Crippen LogP contribution < -0.4 is 10.2 Å². The van der Waals surface area contributed by atoms with Gasteiger partial charge >= 0.3 is 0 Å². The smallest absolute Gasteiger partial charge is 0.0549 e. The van der Waals surface area contributed by atoms with Crippen molar-refractivity contribution in [1.82, 2.24) is 5.32 Å². The van der Waals surface area contributed by atoms with Crippen molar-refractivity contribution in [3.05, 3.63) is 63.6 Å². The quantitative estimate of drug-likeness (QED) is 0.870. The van der Waals surface area contributed by atoms with Crippen molar-refractivity contribution in [2.45, 2.75) is 6.04 Å². The van der Waals surface area contributed by atoms with Crippen LogP contribution in [-0.2, 0) is 0 Å². The lowest BCUT2D eigenvalue weighted by Crippen LogP contribution is -2.45. The summed E-state index contributed by atoms with van der Waals surface area (Å²) >= 11 is 9.56. The summed E-state index contributed by atoms with van der Waals surface area (Å²) in [5.74, 6) is 0. The second-order valence-electron chi connectivity index (χ2n) is 4.96. The van der Waals surface area contributed by atoms with E-state index in [1.54, 1.807) is 0 Å². The molecule has 0 spiro atoms. The minimum Gasteiger partial charge on any atom is -0.368 e. The Morgan fingerprint density at radius 2 is 1.95 bits per heavy atom. The first-order valence-corrected chi connectivity index (χ1v) is 7.89. The van der Waals surface area contributed by atoms with Crippen LogP contribution in [0, 0.1) is 0 Å². The van der Waals surface area contributed by atoms with Gasteiger partial charge in [-0.25, -0.2) is 0 Å². The third-order valence-electron chi connectivity index (χ3n) is 3.65. The summed E-state index contributed by atoms with van der Waals surface area (Å²) < 4.78 is 0.950. The van der Waals surface area contributed by atoms with Crippen LogP contribution in [0.2, 0.25) is 5.02 Å². The van der Waals surface area contributed by atoms with E-state index in [2.05, 4.69) is 68.6 Å². The van der Waals surface area contributed by atoms with Crippen molar-refractivity contribution >= 4 is 33.2 Å². The van der Waals surface area contributed by atoms with Crippen LogP contribution >= 0.6 is 27.5 Å². The molecular weight excluding hydrogens is 336 g/mol. The van der Waals surface area contributed by atoms with Crippen molar-refractivity contribution < 1.29 is 0 Å². The monoisotopic (exact) mass is 350 g/mol. The lowest BCUT2D eigenvalue weighted by Gasteiger charge is -2.35. The zero-order valence-electron chi connectivity index (χ0n) is 11.0. The Kier molecular flexibility index (Phi) is 4.29. The molecule has 1 aliphatic rings. The maximum Gasteiger partial charge on any atom is 0.0549 e. The van der Waals surface area contributed by atoms with E-state index in [-0.39, 0.29) is 0 Å². The van der Waals surface area contributed by atoms with Gasteiger partial charge in [-0.15, -0.1) is 0 Å². The molecule has 0 amide bonds. The molecule has 1 N–H and O–H groups in total. The maximum atomic E-state index is 6.07. The minimum absolute atomic E-state index is 0.374. The van der Waals surface area contributed by atoms with Crippen molar-refractivity contribution in [2.24, 2.45) is 0 Å². The van der Waals surface area contributed by atoms with Gasteiger partial charge in [-0.3, -0.25) is 0 Å². The molecule has 0 aromatic heterocycles. The molecule has 1 heterocycles. The van der Waals surface area contributed by atoms with Gasteiger partial charge in [0.2, 0.25) is 0 Å². The molecule has 2 aromatic carbocycles. The molecular formula is C16H16BrClN2. The second-order valence-corrected chi connectivity index (χ2v) is 6.22. The lowest BCUT2D eigenvalue weighted by molar-refractivity contribution is 0.472. The molecule has 0 radical (unpaired) electrons. The van der Waals surface area contributed by atoms with Gasteiger partial charge in [0, 0.05) is 35.8 Å². The van der Waals surface area contributed by atoms with E-state index in [4.69, 9.17) is 11.6 Å². The van der Waals surface area contributed by atoms with Crippen LogP contribution in [-0.4, -0.2) is 19.6 Å². The van der Waals surface area contributed by atoms with Crippen molar-refractivity contribution in [3.63, 3.8) is 0 Å². The zero-order chi connectivity index (χ0) is 13.9. The third kappa shape index (κ3) is 3.00. The van der Waals surface area contributed by atoms with Crippen LogP contribution in [0.4, 0.5) is 5.69 Å². The zero-order valence-corrected chi connectivity index (χ0v) is 13.4. The third-order valence-corrected chi connectivity index (χ3v) is 4.86. The Labute approximate surface area is 132 Å².